The zero-order valence-corrected chi connectivity index (χ0v) is 14.0. The fourth-order valence-corrected chi connectivity index (χ4v) is 3.42. The molecule has 1 amide bonds. The number of alkyl halides is 3. The van der Waals surface area contributed by atoms with Gasteiger partial charge in [0.1, 0.15) is 0 Å². The van der Waals surface area contributed by atoms with Gasteiger partial charge in [0.15, 0.2) is 5.69 Å². The van der Waals surface area contributed by atoms with Gasteiger partial charge >= 0.3 is 6.18 Å². The Hall–Kier alpha value is -2.01. The van der Waals surface area contributed by atoms with E-state index in [1.54, 1.807) is 4.90 Å². The number of hydrogen-bond acceptors (Lipinski definition) is 6. The van der Waals surface area contributed by atoms with E-state index >= 15 is 0 Å². The summed E-state index contributed by atoms with van der Waals surface area (Å²) in [7, 11) is 0. The summed E-state index contributed by atoms with van der Waals surface area (Å²) in [6.45, 7) is 4.36. The minimum absolute atomic E-state index is 0.0994. The van der Waals surface area contributed by atoms with E-state index < -0.39 is 23.3 Å². The number of carbonyl (C=O) groups excluding carboxylic acids is 1. The number of aromatic nitrogens is 2. The van der Waals surface area contributed by atoms with Gasteiger partial charge < -0.3 is 10.2 Å². The molecule has 2 N–H and O–H groups in total. The van der Waals surface area contributed by atoms with E-state index in [1.807, 2.05) is 0 Å². The van der Waals surface area contributed by atoms with E-state index in [0.29, 0.717) is 37.8 Å². The number of nitrogens with one attached hydrogen (secondary N) is 2. The van der Waals surface area contributed by atoms with Crippen molar-refractivity contribution in [3.05, 3.63) is 17.5 Å². The second kappa shape index (κ2) is 7.70. The maximum Gasteiger partial charge on any atom is 0.434 e. The Morgan fingerprint density at radius 3 is 2.42 bits per heavy atom. The van der Waals surface area contributed by atoms with Crippen molar-refractivity contribution in [2.75, 3.05) is 44.2 Å². The summed E-state index contributed by atoms with van der Waals surface area (Å²) in [5.74, 6) is -1.61. The van der Waals surface area contributed by atoms with Crippen molar-refractivity contribution < 1.29 is 22.4 Å². The largest absolute Gasteiger partial charge is 0.434 e. The van der Waals surface area contributed by atoms with Crippen LogP contribution in [-0.4, -0.2) is 66.1 Å². The van der Waals surface area contributed by atoms with Crippen LogP contribution in [0.25, 0.3) is 0 Å². The highest BCUT2D eigenvalue weighted by Crippen LogP contribution is 2.31. The van der Waals surface area contributed by atoms with Crippen molar-refractivity contribution in [3.8, 4) is 0 Å². The lowest BCUT2D eigenvalue weighted by Crippen LogP contribution is -2.53. The molecule has 26 heavy (non-hydrogen) atoms. The molecular formula is C15H20F4N6O. The summed E-state index contributed by atoms with van der Waals surface area (Å²) in [5, 5.41) is 3.30. The third kappa shape index (κ3) is 4.04. The van der Waals surface area contributed by atoms with E-state index in [-0.39, 0.29) is 5.95 Å². The van der Waals surface area contributed by atoms with E-state index in [4.69, 9.17) is 0 Å². The fourth-order valence-electron chi connectivity index (χ4n) is 3.42. The molecule has 0 atom stereocenters. The van der Waals surface area contributed by atoms with Crippen LogP contribution in [0.4, 0.5) is 23.6 Å². The van der Waals surface area contributed by atoms with Crippen molar-refractivity contribution in [2.45, 2.75) is 25.1 Å². The number of anilines is 1. The van der Waals surface area contributed by atoms with Crippen LogP contribution in [-0.2, 0) is 6.18 Å². The van der Waals surface area contributed by atoms with Crippen molar-refractivity contribution in [2.24, 2.45) is 0 Å². The van der Waals surface area contributed by atoms with Gasteiger partial charge in [0, 0.05) is 38.4 Å². The summed E-state index contributed by atoms with van der Waals surface area (Å²) in [4.78, 5) is 22.6. The van der Waals surface area contributed by atoms with Crippen molar-refractivity contribution in [1.82, 2.24) is 25.7 Å². The number of amides is 1. The molecule has 2 fully saturated rings. The minimum Gasteiger partial charge on any atom is -0.338 e. The van der Waals surface area contributed by atoms with Crippen molar-refractivity contribution >= 4 is 11.9 Å². The Morgan fingerprint density at radius 1 is 1.19 bits per heavy atom. The molecule has 0 spiro atoms. The van der Waals surface area contributed by atoms with E-state index in [9.17, 15) is 22.4 Å². The maximum atomic E-state index is 13.2. The smallest absolute Gasteiger partial charge is 0.338 e. The monoisotopic (exact) mass is 376 g/mol. The van der Waals surface area contributed by atoms with E-state index in [1.165, 1.54) is 0 Å². The molecule has 2 saturated heterocycles. The van der Waals surface area contributed by atoms with Crippen LogP contribution < -0.4 is 15.8 Å². The number of rotatable bonds is 3. The molecule has 0 unspecified atom stereocenters. The Kier molecular flexibility index (Phi) is 5.56. The summed E-state index contributed by atoms with van der Waals surface area (Å²) >= 11 is 0. The van der Waals surface area contributed by atoms with Gasteiger partial charge in [-0.1, -0.05) is 4.48 Å². The first-order valence-electron chi connectivity index (χ1n) is 8.45. The summed E-state index contributed by atoms with van der Waals surface area (Å²) < 4.78 is 51.8. The van der Waals surface area contributed by atoms with Gasteiger partial charge in [-0.2, -0.15) is 18.7 Å². The average Bonchev–Trinajstić information content (AvgIpc) is 2.67. The fraction of sp³-hybridized carbons (Fsp3) is 0.667. The number of nitrogens with zero attached hydrogens (tertiary/aromatic N) is 4. The van der Waals surface area contributed by atoms with Crippen LogP contribution in [0.2, 0.25) is 0 Å². The number of halogens is 4. The van der Waals surface area contributed by atoms with Gasteiger partial charge in [-0.3, -0.25) is 9.69 Å². The number of piperidine rings is 1. The molecule has 0 bridgehead atoms. The van der Waals surface area contributed by atoms with Crippen LogP contribution in [0.15, 0.2) is 6.20 Å². The van der Waals surface area contributed by atoms with Gasteiger partial charge in [-0.05, 0) is 25.9 Å². The second-order valence-corrected chi connectivity index (χ2v) is 6.36. The lowest BCUT2D eigenvalue weighted by molar-refractivity contribution is -0.141. The topological polar surface area (TPSA) is 73.4 Å². The number of hydrogen-bond donors (Lipinski definition) is 2. The van der Waals surface area contributed by atoms with Crippen molar-refractivity contribution in [1.29, 1.82) is 0 Å². The van der Waals surface area contributed by atoms with Gasteiger partial charge in [-0.25, -0.2) is 9.97 Å². The number of piperazine rings is 1. The first-order chi connectivity index (χ1) is 12.4. The molecule has 0 radical (unpaired) electrons. The first-order valence-corrected chi connectivity index (χ1v) is 8.45. The lowest BCUT2D eigenvalue weighted by atomic mass is 10.0. The predicted octanol–water partition coefficient (Wildman–Crippen LogP) is 0.984. The van der Waals surface area contributed by atoms with E-state index in [0.717, 1.165) is 32.1 Å². The van der Waals surface area contributed by atoms with Crippen LogP contribution in [0.1, 0.15) is 28.9 Å². The van der Waals surface area contributed by atoms with Gasteiger partial charge in [0.25, 0.3) is 5.91 Å². The van der Waals surface area contributed by atoms with Crippen molar-refractivity contribution in [3.63, 3.8) is 0 Å². The molecule has 7 nitrogen and oxygen atoms in total. The third-order valence-corrected chi connectivity index (χ3v) is 4.80. The van der Waals surface area contributed by atoms with Gasteiger partial charge in [0.05, 0.1) is 5.56 Å². The maximum absolute atomic E-state index is 13.2. The summed E-state index contributed by atoms with van der Waals surface area (Å²) in [5.41, 5.74) is -1.67. The molecule has 11 heteroatoms. The van der Waals surface area contributed by atoms with Crippen LogP contribution in [0, 0.1) is 0 Å². The third-order valence-electron chi connectivity index (χ3n) is 4.80. The van der Waals surface area contributed by atoms with E-state index in [2.05, 4.69) is 20.2 Å². The molecule has 1 aromatic heterocycles. The number of carbonyl (C=O) groups is 1. The Balaban J connectivity index is 1.73. The Morgan fingerprint density at radius 2 is 1.85 bits per heavy atom. The minimum atomic E-state index is -4.88. The molecule has 2 aliphatic heterocycles. The molecule has 3 heterocycles. The molecular weight excluding hydrogens is 356 g/mol. The molecule has 144 valence electrons. The van der Waals surface area contributed by atoms with Gasteiger partial charge in [0.2, 0.25) is 5.95 Å². The van der Waals surface area contributed by atoms with Gasteiger partial charge in [-0.15, -0.1) is 0 Å². The SMILES string of the molecule is O=C(NF)c1cnc(N2CCN(C3CCNCC3)CC2)nc1C(F)(F)F. The highest BCUT2D eigenvalue weighted by molar-refractivity contribution is 5.94. The molecule has 3 rings (SSSR count). The molecule has 0 saturated carbocycles. The Bertz CT molecular complexity index is 642. The highest BCUT2D eigenvalue weighted by atomic mass is 19.4. The lowest BCUT2D eigenvalue weighted by Gasteiger charge is -2.40. The summed E-state index contributed by atoms with van der Waals surface area (Å²) in [6, 6.07) is 0.487. The van der Waals surface area contributed by atoms with Crippen LogP contribution in [0.5, 0.6) is 0 Å². The second-order valence-electron chi connectivity index (χ2n) is 6.36. The standard InChI is InChI=1S/C15H20F4N6O/c16-15(17,18)12-11(13(26)23-19)9-21-14(22-12)25-7-5-24(6-8-25)10-1-3-20-4-2-10/h9-10,20H,1-8H2,(H,23,26). The Labute approximate surface area is 147 Å². The molecule has 0 aliphatic carbocycles. The molecule has 1 aromatic rings. The first kappa shape index (κ1) is 18.8. The average molecular weight is 376 g/mol. The highest BCUT2D eigenvalue weighted by Gasteiger charge is 2.39. The molecule has 0 aromatic carbocycles. The van der Waals surface area contributed by atoms with Crippen LogP contribution >= 0.6 is 0 Å². The quantitative estimate of drug-likeness (QED) is 0.605. The summed E-state index contributed by atoms with van der Waals surface area (Å²) in [6.07, 6.45) is -2.04. The predicted molar refractivity (Wildman–Crippen MR) is 85.3 cm³/mol. The normalized spacial score (nSPS) is 20.2. The zero-order chi connectivity index (χ0) is 18.7. The zero-order valence-electron chi connectivity index (χ0n) is 14.0. The van der Waals surface area contributed by atoms with Crippen LogP contribution in [0.3, 0.4) is 0 Å². The molecule has 2 aliphatic rings.